The highest BCUT2D eigenvalue weighted by Crippen LogP contribution is 2.26. The maximum absolute atomic E-state index is 13.0. The van der Waals surface area contributed by atoms with Gasteiger partial charge in [-0.3, -0.25) is 9.67 Å². The van der Waals surface area contributed by atoms with Crippen LogP contribution in [0.4, 0.5) is 10.2 Å². The number of nitrogens with two attached hydrogens (primary N) is 1. The van der Waals surface area contributed by atoms with E-state index in [2.05, 4.69) is 15.2 Å². The fourth-order valence-electron chi connectivity index (χ4n) is 2.15. The molecule has 7 heteroatoms. The third-order valence-corrected chi connectivity index (χ3v) is 3.08. The molecule has 3 rings (SSSR count). The number of hydrogen-bond acceptors (Lipinski definition) is 4. The van der Waals surface area contributed by atoms with E-state index in [1.807, 2.05) is 24.6 Å². The number of aryl methyl sites for hydroxylation is 2. The van der Waals surface area contributed by atoms with Crippen molar-refractivity contribution in [2.45, 2.75) is 20.4 Å². The van der Waals surface area contributed by atoms with Crippen LogP contribution in [-0.2, 0) is 6.54 Å². The van der Waals surface area contributed by atoms with E-state index in [0.29, 0.717) is 11.4 Å². The van der Waals surface area contributed by atoms with Gasteiger partial charge in [-0.25, -0.2) is 0 Å². The molecule has 0 saturated heterocycles. The first-order valence-corrected chi connectivity index (χ1v) is 5.95. The van der Waals surface area contributed by atoms with Crippen LogP contribution in [0.25, 0.3) is 22.3 Å². The zero-order valence-corrected chi connectivity index (χ0v) is 10.6. The Hall–Kier alpha value is -2.44. The van der Waals surface area contributed by atoms with Crippen molar-refractivity contribution in [3.63, 3.8) is 0 Å². The topological polar surface area (TPSA) is 74.5 Å². The summed E-state index contributed by atoms with van der Waals surface area (Å²) in [5, 5.41) is 9.07. The molecular weight excluding hydrogens is 247 g/mol. The van der Waals surface area contributed by atoms with E-state index in [-0.39, 0.29) is 10.6 Å². The highest BCUT2D eigenvalue weighted by molar-refractivity contribution is 5.85. The quantitative estimate of drug-likeness (QED) is 0.764. The Morgan fingerprint density at radius 1 is 1.37 bits per heavy atom. The van der Waals surface area contributed by atoms with Crippen molar-refractivity contribution >= 4 is 16.6 Å². The van der Waals surface area contributed by atoms with Crippen molar-refractivity contribution in [3.8, 4) is 11.4 Å². The lowest BCUT2D eigenvalue weighted by Crippen LogP contribution is -1.97. The van der Waals surface area contributed by atoms with Gasteiger partial charge in [0.1, 0.15) is 5.69 Å². The number of anilines is 1. The van der Waals surface area contributed by atoms with Crippen LogP contribution < -0.4 is 5.73 Å². The first-order valence-electron chi connectivity index (χ1n) is 5.95. The van der Waals surface area contributed by atoms with E-state index in [4.69, 9.17) is 5.73 Å². The number of aromatic nitrogens is 5. The fraction of sp³-hybridized carbons (Fsp3) is 0.250. The largest absolute Gasteiger partial charge is 0.396 e. The highest BCUT2D eigenvalue weighted by Gasteiger charge is 2.13. The number of fused-ring (bicyclic) bond motifs is 1. The summed E-state index contributed by atoms with van der Waals surface area (Å²) in [7, 11) is 0. The molecule has 0 aliphatic heterocycles. The summed E-state index contributed by atoms with van der Waals surface area (Å²) >= 11 is 0. The lowest BCUT2D eigenvalue weighted by Gasteiger charge is -2.01. The van der Waals surface area contributed by atoms with Gasteiger partial charge in [0.25, 0.3) is 0 Å². The van der Waals surface area contributed by atoms with Crippen LogP contribution >= 0.6 is 0 Å². The number of pyridine rings is 1. The third-order valence-electron chi connectivity index (χ3n) is 3.08. The normalized spacial score (nSPS) is 11.3. The monoisotopic (exact) mass is 260 g/mol. The lowest BCUT2D eigenvalue weighted by molar-refractivity contribution is 0.317. The minimum absolute atomic E-state index is 0.193. The predicted octanol–water partition coefficient (Wildman–Crippen LogP) is 1.94. The van der Waals surface area contributed by atoms with Crippen LogP contribution in [-0.4, -0.2) is 24.8 Å². The molecule has 0 radical (unpaired) electrons. The molecule has 0 atom stereocenters. The van der Waals surface area contributed by atoms with Crippen LogP contribution in [0.1, 0.15) is 12.6 Å². The van der Waals surface area contributed by atoms with Crippen molar-refractivity contribution in [3.05, 3.63) is 24.2 Å². The Balaban J connectivity index is 2.23. The van der Waals surface area contributed by atoms with Crippen LogP contribution in [0.2, 0.25) is 0 Å². The molecule has 3 aromatic heterocycles. The molecule has 0 saturated carbocycles. The first-order chi connectivity index (χ1) is 9.10. The maximum atomic E-state index is 13.0. The van der Waals surface area contributed by atoms with Gasteiger partial charge in [0.15, 0.2) is 0 Å². The molecule has 0 amide bonds. The van der Waals surface area contributed by atoms with Gasteiger partial charge in [0, 0.05) is 18.1 Å². The zero-order valence-electron chi connectivity index (χ0n) is 10.6. The standard InChI is InChI=1S/C12H13FN6/c1-3-18-11-4-10(12-9(14)6-19(13)17-12)15-5-8(11)7(2)16-18/h4-6H,3,14H2,1-2H3. The molecule has 0 aliphatic carbocycles. The molecule has 0 fully saturated rings. The number of halogens is 1. The van der Waals surface area contributed by atoms with Crippen molar-refractivity contribution in [1.82, 2.24) is 24.8 Å². The van der Waals surface area contributed by atoms with E-state index in [1.54, 1.807) is 6.20 Å². The second-order valence-corrected chi connectivity index (χ2v) is 4.31. The maximum Gasteiger partial charge on any atom is 0.137 e. The number of nitrogens with zero attached hydrogens (tertiary/aromatic N) is 5. The molecule has 3 aromatic rings. The molecule has 0 aliphatic rings. The average Bonchev–Trinajstić information content (AvgIpc) is 2.89. The van der Waals surface area contributed by atoms with Crippen molar-refractivity contribution in [2.75, 3.05) is 5.73 Å². The van der Waals surface area contributed by atoms with Gasteiger partial charge in [-0.15, -0.1) is 10.0 Å². The predicted molar refractivity (Wildman–Crippen MR) is 70.1 cm³/mol. The summed E-state index contributed by atoms with van der Waals surface area (Å²) < 4.78 is 14.9. The number of nitrogen functional groups attached to an aromatic ring is 1. The summed E-state index contributed by atoms with van der Waals surface area (Å²) in [6.07, 6.45) is 2.83. The van der Waals surface area contributed by atoms with E-state index < -0.39 is 0 Å². The Bertz CT molecular complexity index is 757. The minimum atomic E-state index is 0.193. The molecular formula is C12H13FN6. The number of hydrogen-bond donors (Lipinski definition) is 1. The third kappa shape index (κ3) is 1.74. The van der Waals surface area contributed by atoms with Crippen LogP contribution in [0.5, 0.6) is 0 Å². The van der Waals surface area contributed by atoms with Crippen LogP contribution in [0, 0.1) is 6.92 Å². The van der Waals surface area contributed by atoms with Crippen molar-refractivity contribution in [2.24, 2.45) is 0 Å². The van der Waals surface area contributed by atoms with E-state index in [1.165, 1.54) is 0 Å². The Morgan fingerprint density at radius 3 is 2.79 bits per heavy atom. The summed E-state index contributed by atoms with van der Waals surface area (Å²) in [5.41, 5.74) is 8.70. The fourth-order valence-corrected chi connectivity index (χ4v) is 2.15. The summed E-state index contributed by atoms with van der Waals surface area (Å²) in [6, 6.07) is 1.83. The smallest absolute Gasteiger partial charge is 0.137 e. The second kappa shape index (κ2) is 4.04. The molecule has 2 N–H and O–H groups in total. The molecule has 19 heavy (non-hydrogen) atoms. The molecule has 6 nitrogen and oxygen atoms in total. The van der Waals surface area contributed by atoms with Crippen LogP contribution in [0.15, 0.2) is 18.5 Å². The van der Waals surface area contributed by atoms with Gasteiger partial charge < -0.3 is 5.73 Å². The summed E-state index contributed by atoms with van der Waals surface area (Å²) in [6.45, 7) is 4.69. The molecule has 0 bridgehead atoms. The Morgan fingerprint density at radius 2 is 2.16 bits per heavy atom. The lowest BCUT2D eigenvalue weighted by atomic mass is 10.2. The highest BCUT2D eigenvalue weighted by atomic mass is 19.2. The van der Waals surface area contributed by atoms with Gasteiger partial charge in [-0.1, -0.05) is 4.48 Å². The number of rotatable bonds is 2. The summed E-state index contributed by atoms with van der Waals surface area (Å²) in [5.74, 6) is 0. The van der Waals surface area contributed by atoms with Gasteiger partial charge in [0.05, 0.1) is 28.8 Å². The second-order valence-electron chi connectivity index (χ2n) is 4.31. The molecule has 0 aromatic carbocycles. The SMILES string of the molecule is CCn1nc(C)c2cnc(-c3nn(F)cc3N)cc21. The van der Waals surface area contributed by atoms with Gasteiger partial charge in [-0.2, -0.15) is 5.10 Å². The molecule has 3 heterocycles. The van der Waals surface area contributed by atoms with Gasteiger partial charge in [-0.05, 0) is 19.9 Å². The van der Waals surface area contributed by atoms with Crippen LogP contribution in [0.3, 0.4) is 0 Å². The minimum Gasteiger partial charge on any atom is -0.396 e. The average molecular weight is 260 g/mol. The zero-order chi connectivity index (χ0) is 13.6. The Kier molecular flexibility index (Phi) is 2.48. The molecule has 98 valence electrons. The molecule has 0 spiro atoms. The summed E-state index contributed by atoms with van der Waals surface area (Å²) in [4.78, 5) is 4.48. The van der Waals surface area contributed by atoms with Gasteiger partial charge >= 0.3 is 0 Å². The molecule has 0 unspecified atom stereocenters. The van der Waals surface area contributed by atoms with E-state index in [0.717, 1.165) is 29.3 Å². The van der Waals surface area contributed by atoms with Crippen molar-refractivity contribution < 1.29 is 4.48 Å². The van der Waals surface area contributed by atoms with E-state index in [9.17, 15) is 4.48 Å². The van der Waals surface area contributed by atoms with E-state index >= 15 is 0 Å². The Labute approximate surface area is 108 Å². The van der Waals surface area contributed by atoms with Crippen molar-refractivity contribution in [1.29, 1.82) is 0 Å². The van der Waals surface area contributed by atoms with Gasteiger partial charge in [0.2, 0.25) is 0 Å². The first kappa shape index (κ1) is 11.6.